The zero-order valence-electron chi connectivity index (χ0n) is 20.2. The fourth-order valence-electron chi connectivity index (χ4n) is 4.06. The molecule has 0 aliphatic carbocycles. The molecule has 8 nitrogen and oxygen atoms in total. The standard InChI is InChI=1S/C22H33BrN4O2.C2HF3O2/c23-20-7-5-19(6-8-20)22(29)27(15-4-14-25-12-2-1-3-13-25)16-9-21(28)26-17-10-24-11-18-26;3-2(4,5)1(6)7/h5-8,24H,1-4,9-18H2;(H,6,7). The van der Waals surface area contributed by atoms with Crippen molar-refractivity contribution in [3.8, 4) is 0 Å². The largest absolute Gasteiger partial charge is 0.490 e. The molecule has 0 aromatic heterocycles. The van der Waals surface area contributed by atoms with E-state index in [1.54, 1.807) is 0 Å². The van der Waals surface area contributed by atoms with Gasteiger partial charge in [0.05, 0.1) is 0 Å². The smallest absolute Gasteiger partial charge is 0.475 e. The molecule has 0 saturated carbocycles. The van der Waals surface area contributed by atoms with Crippen LogP contribution in [-0.4, -0.2) is 103 Å². The summed E-state index contributed by atoms with van der Waals surface area (Å²) in [5, 5.41) is 10.4. The maximum absolute atomic E-state index is 13.1. The van der Waals surface area contributed by atoms with Crippen LogP contribution in [0.2, 0.25) is 0 Å². The van der Waals surface area contributed by atoms with Gasteiger partial charge in [0.15, 0.2) is 0 Å². The van der Waals surface area contributed by atoms with Crippen LogP contribution in [0.5, 0.6) is 0 Å². The van der Waals surface area contributed by atoms with Crippen LogP contribution in [-0.2, 0) is 9.59 Å². The maximum Gasteiger partial charge on any atom is 0.490 e. The van der Waals surface area contributed by atoms with Crippen LogP contribution in [0.3, 0.4) is 0 Å². The van der Waals surface area contributed by atoms with Crippen molar-refractivity contribution in [3.63, 3.8) is 0 Å². The van der Waals surface area contributed by atoms with Crippen molar-refractivity contribution in [1.82, 2.24) is 20.0 Å². The summed E-state index contributed by atoms with van der Waals surface area (Å²) in [5.41, 5.74) is 0.681. The first-order chi connectivity index (χ1) is 17.1. The molecule has 36 heavy (non-hydrogen) atoms. The summed E-state index contributed by atoms with van der Waals surface area (Å²) in [5.74, 6) is -2.59. The van der Waals surface area contributed by atoms with Gasteiger partial charge in [0.1, 0.15) is 0 Å². The molecule has 2 amide bonds. The third kappa shape index (κ3) is 10.8. The van der Waals surface area contributed by atoms with Gasteiger partial charge in [0.25, 0.3) is 5.91 Å². The van der Waals surface area contributed by atoms with Gasteiger partial charge in [0, 0.05) is 55.7 Å². The van der Waals surface area contributed by atoms with Gasteiger partial charge in [-0.15, -0.1) is 0 Å². The van der Waals surface area contributed by atoms with Crippen molar-refractivity contribution in [2.75, 3.05) is 58.9 Å². The minimum Gasteiger partial charge on any atom is -0.475 e. The number of rotatable bonds is 8. The second kappa shape index (κ2) is 15.2. The monoisotopic (exact) mass is 578 g/mol. The third-order valence-corrected chi connectivity index (χ3v) is 6.57. The Morgan fingerprint density at radius 2 is 1.56 bits per heavy atom. The van der Waals surface area contributed by atoms with Gasteiger partial charge in [-0.2, -0.15) is 13.2 Å². The van der Waals surface area contributed by atoms with Gasteiger partial charge in [-0.05, 0) is 63.2 Å². The van der Waals surface area contributed by atoms with E-state index in [9.17, 15) is 22.8 Å². The maximum atomic E-state index is 13.1. The Hall–Kier alpha value is -2.18. The Kier molecular flexibility index (Phi) is 12.7. The van der Waals surface area contributed by atoms with E-state index >= 15 is 0 Å². The van der Waals surface area contributed by atoms with Gasteiger partial charge in [-0.1, -0.05) is 22.4 Å². The van der Waals surface area contributed by atoms with Crippen molar-refractivity contribution < 1.29 is 32.7 Å². The van der Waals surface area contributed by atoms with E-state index < -0.39 is 12.1 Å². The predicted molar refractivity (Wildman–Crippen MR) is 133 cm³/mol. The highest BCUT2D eigenvalue weighted by Crippen LogP contribution is 2.15. The van der Waals surface area contributed by atoms with Gasteiger partial charge in [0.2, 0.25) is 5.91 Å². The van der Waals surface area contributed by atoms with Crippen molar-refractivity contribution in [1.29, 1.82) is 0 Å². The number of halogens is 4. The van der Waals surface area contributed by atoms with E-state index in [2.05, 4.69) is 26.1 Å². The van der Waals surface area contributed by atoms with Crippen LogP contribution in [0.4, 0.5) is 13.2 Å². The van der Waals surface area contributed by atoms with E-state index in [4.69, 9.17) is 9.90 Å². The van der Waals surface area contributed by atoms with Crippen LogP contribution >= 0.6 is 15.9 Å². The summed E-state index contributed by atoms with van der Waals surface area (Å²) < 4.78 is 32.7. The molecular formula is C24H34BrF3N4O4. The molecule has 0 spiro atoms. The molecule has 0 atom stereocenters. The molecule has 0 unspecified atom stereocenters. The zero-order valence-corrected chi connectivity index (χ0v) is 21.8. The molecule has 2 N–H and O–H groups in total. The number of carboxylic acid groups (broad SMARTS) is 1. The number of nitrogens with one attached hydrogen (secondary N) is 1. The number of piperazine rings is 1. The van der Waals surface area contributed by atoms with Crippen molar-refractivity contribution in [3.05, 3.63) is 34.3 Å². The van der Waals surface area contributed by atoms with E-state index in [0.717, 1.165) is 43.6 Å². The van der Waals surface area contributed by atoms with E-state index in [1.165, 1.54) is 32.4 Å². The van der Waals surface area contributed by atoms with E-state index in [-0.39, 0.29) is 11.8 Å². The number of aliphatic carboxylic acids is 1. The van der Waals surface area contributed by atoms with E-state index in [1.807, 2.05) is 34.1 Å². The average Bonchev–Trinajstić information content (AvgIpc) is 2.87. The lowest BCUT2D eigenvalue weighted by Gasteiger charge is -2.30. The van der Waals surface area contributed by atoms with Crippen molar-refractivity contribution in [2.24, 2.45) is 0 Å². The Morgan fingerprint density at radius 3 is 2.11 bits per heavy atom. The summed E-state index contributed by atoms with van der Waals surface area (Å²) in [6.07, 6.45) is 0.149. The molecule has 3 rings (SSSR count). The zero-order chi connectivity index (χ0) is 26.6. The van der Waals surface area contributed by atoms with Crippen LogP contribution in [0.15, 0.2) is 28.7 Å². The lowest BCUT2D eigenvalue weighted by Crippen LogP contribution is -2.47. The van der Waals surface area contributed by atoms with Gasteiger partial charge in [-0.25, -0.2) is 4.79 Å². The molecule has 0 bridgehead atoms. The highest BCUT2D eigenvalue weighted by atomic mass is 79.9. The highest BCUT2D eigenvalue weighted by molar-refractivity contribution is 9.10. The molecule has 202 valence electrons. The van der Waals surface area contributed by atoms with E-state index in [0.29, 0.717) is 25.1 Å². The molecule has 2 saturated heterocycles. The third-order valence-electron chi connectivity index (χ3n) is 6.04. The van der Waals surface area contributed by atoms with Crippen LogP contribution < -0.4 is 5.32 Å². The highest BCUT2D eigenvalue weighted by Gasteiger charge is 2.38. The number of carbonyl (C=O) groups excluding carboxylic acids is 2. The first-order valence-electron chi connectivity index (χ1n) is 12.1. The quantitative estimate of drug-likeness (QED) is 0.492. The van der Waals surface area contributed by atoms with Crippen LogP contribution in [0.25, 0.3) is 0 Å². The number of benzene rings is 1. The lowest BCUT2D eigenvalue weighted by atomic mass is 10.1. The molecule has 1 aromatic rings. The average molecular weight is 579 g/mol. The first-order valence-corrected chi connectivity index (χ1v) is 12.9. The summed E-state index contributed by atoms with van der Waals surface area (Å²) in [6, 6.07) is 7.49. The number of likely N-dealkylation sites (tertiary alicyclic amines) is 1. The number of amides is 2. The Labute approximate surface area is 217 Å². The molecular weight excluding hydrogens is 545 g/mol. The van der Waals surface area contributed by atoms with Crippen molar-refractivity contribution in [2.45, 2.75) is 38.3 Å². The van der Waals surface area contributed by atoms with Crippen LogP contribution in [0, 0.1) is 0 Å². The number of hydrogen-bond acceptors (Lipinski definition) is 5. The minimum absolute atomic E-state index is 0.0178. The summed E-state index contributed by atoms with van der Waals surface area (Å²) in [4.78, 5) is 40.8. The number of carbonyl (C=O) groups is 3. The number of carboxylic acids is 1. The number of piperidine rings is 1. The van der Waals surface area contributed by atoms with Gasteiger partial charge >= 0.3 is 12.1 Å². The number of hydrogen-bond donors (Lipinski definition) is 2. The second-order valence-electron chi connectivity index (χ2n) is 8.74. The van der Waals surface area contributed by atoms with Crippen LogP contribution in [0.1, 0.15) is 42.5 Å². The molecule has 2 fully saturated rings. The second-order valence-corrected chi connectivity index (χ2v) is 9.65. The summed E-state index contributed by atoms with van der Waals surface area (Å²) in [7, 11) is 0. The molecule has 2 aliphatic heterocycles. The Bertz CT molecular complexity index is 843. The Balaban J connectivity index is 0.000000572. The molecule has 2 heterocycles. The minimum atomic E-state index is -5.08. The number of alkyl halides is 3. The van der Waals surface area contributed by atoms with Gasteiger partial charge < -0.3 is 25.1 Å². The molecule has 2 aliphatic rings. The van der Waals surface area contributed by atoms with Crippen molar-refractivity contribution >= 4 is 33.7 Å². The van der Waals surface area contributed by atoms with Gasteiger partial charge in [-0.3, -0.25) is 9.59 Å². The Morgan fingerprint density at radius 1 is 0.972 bits per heavy atom. The fourth-order valence-corrected chi connectivity index (χ4v) is 4.33. The lowest BCUT2D eigenvalue weighted by molar-refractivity contribution is -0.192. The first kappa shape index (κ1) is 30.0. The number of nitrogens with zero attached hydrogens (tertiary/aromatic N) is 3. The summed E-state index contributed by atoms with van der Waals surface area (Å²) in [6.45, 7) is 7.76. The SMILES string of the molecule is O=C(CCN(CCCN1CCCCC1)C(=O)c1ccc(Br)cc1)N1CCNCC1.O=C(O)C(F)(F)F. The predicted octanol–water partition coefficient (Wildman–Crippen LogP) is 3.22. The molecule has 0 radical (unpaired) electrons. The molecule has 1 aromatic carbocycles. The topological polar surface area (TPSA) is 93.2 Å². The molecule has 12 heteroatoms. The fraction of sp³-hybridized carbons (Fsp3) is 0.625. The normalized spacial score (nSPS) is 16.6. The summed E-state index contributed by atoms with van der Waals surface area (Å²) >= 11 is 3.43.